The van der Waals surface area contributed by atoms with E-state index >= 15 is 0 Å². The fourth-order valence-electron chi connectivity index (χ4n) is 3.83. The van der Waals surface area contributed by atoms with Crippen molar-refractivity contribution in [2.45, 2.75) is 57.4 Å². The lowest BCUT2D eigenvalue weighted by atomic mass is 9.77. The number of hydrazine groups is 1. The van der Waals surface area contributed by atoms with Gasteiger partial charge >= 0.3 is 12.0 Å². The number of urea groups is 1. The number of carbonyl (C=O) groups is 4. The number of carbonyl (C=O) groups excluding carboxylic acids is 4. The summed E-state index contributed by atoms with van der Waals surface area (Å²) in [6.45, 7) is 3.45. The average Bonchev–Trinajstić information content (AvgIpc) is 2.93. The van der Waals surface area contributed by atoms with Crippen LogP contribution >= 0.6 is 0 Å². The van der Waals surface area contributed by atoms with Gasteiger partial charge in [-0.2, -0.15) is 5.01 Å². The molecule has 0 radical (unpaired) electrons. The van der Waals surface area contributed by atoms with E-state index in [1.807, 2.05) is 37.3 Å². The number of benzene rings is 1. The predicted molar refractivity (Wildman–Crippen MR) is 104 cm³/mol. The number of rotatable bonds is 6. The maximum Gasteiger partial charge on any atom is 0.344 e. The largest absolute Gasteiger partial charge is 0.455 e. The molecule has 2 N–H and O–H groups in total. The lowest BCUT2D eigenvalue weighted by Gasteiger charge is -2.33. The molecule has 1 saturated heterocycles. The highest BCUT2D eigenvalue weighted by Crippen LogP contribution is 2.35. The van der Waals surface area contributed by atoms with E-state index < -0.39 is 36.0 Å². The molecule has 1 aliphatic carbocycles. The molecule has 1 heterocycles. The van der Waals surface area contributed by atoms with Crippen LogP contribution in [-0.2, 0) is 19.1 Å². The molecule has 0 aromatic heterocycles. The minimum atomic E-state index is -0.932. The summed E-state index contributed by atoms with van der Waals surface area (Å²) in [7, 11) is 0. The molecule has 1 aromatic carbocycles. The molecule has 1 atom stereocenters. The number of esters is 1. The zero-order chi connectivity index (χ0) is 21.0. The van der Waals surface area contributed by atoms with Crippen molar-refractivity contribution in [1.29, 1.82) is 0 Å². The molecule has 0 bridgehead atoms. The van der Waals surface area contributed by atoms with Crippen molar-refractivity contribution in [3.63, 3.8) is 0 Å². The third kappa shape index (κ3) is 4.75. The van der Waals surface area contributed by atoms with Crippen LogP contribution < -0.4 is 10.7 Å². The number of ether oxygens (including phenoxy) is 1. The van der Waals surface area contributed by atoms with Crippen LogP contribution in [0.5, 0.6) is 0 Å². The Balaban J connectivity index is 1.47. The number of amides is 4. The zero-order valence-electron chi connectivity index (χ0n) is 16.8. The second-order valence-electron chi connectivity index (χ2n) is 8.05. The summed E-state index contributed by atoms with van der Waals surface area (Å²) in [6, 6.07) is 8.87. The molecule has 1 aliphatic heterocycles. The normalized spacial score (nSPS) is 24.9. The maximum absolute atomic E-state index is 12.7. The summed E-state index contributed by atoms with van der Waals surface area (Å²) in [6.07, 6.45) is 2.91. The lowest BCUT2D eigenvalue weighted by molar-refractivity contribution is -0.151. The van der Waals surface area contributed by atoms with E-state index in [1.165, 1.54) is 0 Å². The standard InChI is InChI=1S/C21H27N3O5/c1-14-8-10-21(11-9-14)19(27)24(20(28)22-21)23-17(25)13-29-18(26)12-15(2)16-6-4-3-5-7-16/h3-7,14-15H,8-13H2,1-2H3,(H,22,28)(H,23,25)/t14?,15-,21?/m1/s1. The Morgan fingerprint density at radius 3 is 2.55 bits per heavy atom. The summed E-state index contributed by atoms with van der Waals surface area (Å²) < 4.78 is 5.01. The van der Waals surface area contributed by atoms with Gasteiger partial charge in [-0.3, -0.25) is 19.8 Å². The van der Waals surface area contributed by atoms with Gasteiger partial charge in [0.25, 0.3) is 11.8 Å². The van der Waals surface area contributed by atoms with Crippen LogP contribution in [0.25, 0.3) is 0 Å². The van der Waals surface area contributed by atoms with Crippen LogP contribution in [-0.4, -0.2) is 41.0 Å². The van der Waals surface area contributed by atoms with Crippen LogP contribution in [0.4, 0.5) is 4.79 Å². The van der Waals surface area contributed by atoms with E-state index in [-0.39, 0.29) is 12.3 Å². The Morgan fingerprint density at radius 1 is 1.24 bits per heavy atom. The highest BCUT2D eigenvalue weighted by atomic mass is 16.5. The number of hydrogen-bond acceptors (Lipinski definition) is 5. The second kappa shape index (κ2) is 8.63. The number of nitrogens with one attached hydrogen (secondary N) is 2. The first-order valence-electron chi connectivity index (χ1n) is 9.97. The predicted octanol–water partition coefficient (Wildman–Crippen LogP) is 2.26. The van der Waals surface area contributed by atoms with E-state index in [0.29, 0.717) is 23.8 Å². The fourth-order valence-corrected chi connectivity index (χ4v) is 3.83. The monoisotopic (exact) mass is 401 g/mol. The Labute approximate surface area is 169 Å². The van der Waals surface area contributed by atoms with E-state index in [0.717, 1.165) is 18.4 Å². The Morgan fingerprint density at radius 2 is 1.90 bits per heavy atom. The molecule has 156 valence electrons. The first kappa shape index (κ1) is 20.8. The number of nitrogens with zero attached hydrogens (tertiary/aromatic N) is 1. The molecule has 2 fully saturated rings. The van der Waals surface area contributed by atoms with Crippen LogP contribution in [0.15, 0.2) is 30.3 Å². The molecular formula is C21H27N3O5. The molecule has 1 saturated carbocycles. The highest BCUT2D eigenvalue weighted by Gasteiger charge is 2.52. The van der Waals surface area contributed by atoms with Gasteiger partial charge in [0, 0.05) is 0 Å². The Hall–Kier alpha value is -2.90. The molecule has 29 heavy (non-hydrogen) atoms. The Kier molecular flexibility index (Phi) is 6.20. The summed E-state index contributed by atoms with van der Waals surface area (Å²) in [5.41, 5.74) is 2.33. The Bertz CT molecular complexity index is 787. The lowest BCUT2D eigenvalue weighted by Crippen LogP contribution is -2.52. The van der Waals surface area contributed by atoms with Gasteiger partial charge in [-0.15, -0.1) is 0 Å². The van der Waals surface area contributed by atoms with Crippen LogP contribution in [0.1, 0.15) is 57.4 Å². The third-order valence-electron chi connectivity index (χ3n) is 5.73. The molecule has 0 unspecified atom stereocenters. The van der Waals surface area contributed by atoms with Crippen molar-refractivity contribution in [3.05, 3.63) is 35.9 Å². The SMILES string of the molecule is CC1CCC2(CC1)NC(=O)N(NC(=O)COC(=O)C[C@@H](C)c1ccccc1)C2=O. The topological polar surface area (TPSA) is 105 Å². The summed E-state index contributed by atoms with van der Waals surface area (Å²) in [5.74, 6) is -1.24. The minimum Gasteiger partial charge on any atom is -0.455 e. The van der Waals surface area contributed by atoms with Crippen molar-refractivity contribution in [2.24, 2.45) is 5.92 Å². The van der Waals surface area contributed by atoms with Crippen LogP contribution in [0.3, 0.4) is 0 Å². The van der Waals surface area contributed by atoms with E-state index in [2.05, 4.69) is 17.7 Å². The summed E-state index contributed by atoms with van der Waals surface area (Å²) >= 11 is 0. The van der Waals surface area contributed by atoms with Crippen molar-refractivity contribution in [1.82, 2.24) is 15.8 Å². The highest BCUT2D eigenvalue weighted by molar-refractivity contribution is 6.08. The number of hydrogen-bond donors (Lipinski definition) is 2. The molecule has 4 amide bonds. The summed E-state index contributed by atoms with van der Waals surface area (Å²) in [4.78, 5) is 49.0. The fraction of sp³-hybridized carbons (Fsp3) is 0.524. The van der Waals surface area contributed by atoms with Gasteiger partial charge < -0.3 is 10.1 Å². The van der Waals surface area contributed by atoms with Gasteiger partial charge in [-0.25, -0.2) is 4.79 Å². The molecule has 1 spiro atoms. The van der Waals surface area contributed by atoms with E-state index in [4.69, 9.17) is 4.74 Å². The van der Waals surface area contributed by atoms with Crippen molar-refractivity contribution < 1.29 is 23.9 Å². The molecule has 1 aromatic rings. The quantitative estimate of drug-likeness (QED) is 0.562. The van der Waals surface area contributed by atoms with Crippen molar-refractivity contribution in [2.75, 3.05) is 6.61 Å². The third-order valence-corrected chi connectivity index (χ3v) is 5.73. The van der Waals surface area contributed by atoms with Gasteiger partial charge in [0.2, 0.25) is 0 Å². The first-order valence-corrected chi connectivity index (χ1v) is 9.97. The van der Waals surface area contributed by atoms with Gasteiger partial charge in [-0.05, 0) is 43.1 Å². The molecule has 8 heteroatoms. The van der Waals surface area contributed by atoms with E-state index in [1.54, 1.807) is 0 Å². The molecule has 2 aliphatic rings. The summed E-state index contributed by atoms with van der Waals surface area (Å²) in [5, 5.41) is 3.43. The van der Waals surface area contributed by atoms with Gasteiger partial charge in [0.05, 0.1) is 6.42 Å². The smallest absolute Gasteiger partial charge is 0.344 e. The average molecular weight is 401 g/mol. The van der Waals surface area contributed by atoms with Crippen molar-refractivity contribution in [3.8, 4) is 0 Å². The van der Waals surface area contributed by atoms with Crippen LogP contribution in [0.2, 0.25) is 0 Å². The van der Waals surface area contributed by atoms with Gasteiger partial charge in [0.1, 0.15) is 5.54 Å². The first-order chi connectivity index (χ1) is 13.8. The molecule has 8 nitrogen and oxygen atoms in total. The second-order valence-corrected chi connectivity index (χ2v) is 8.05. The molecular weight excluding hydrogens is 374 g/mol. The minimum absolute atomic E-state index is 0.0498. The van der Waals surface area contributed by atoms with E-state index in [9.17, 15) is 19.2 Å². The van der Waals surface area contributed by atoms with Gasteiger partial charge in [0.15, 0.2) is 6.61 Å². The number of imide groups is 1. The maximum atomic E-state index is 12.7. The van der Waals surface area contributed by atoms with Crippen LogP contribution in [0, 0.1) is 5.92 Å². The molecule has 3 rings (SSSR count). The zero-order valence-corrected chi connectivity index (χ0v) is 16.8. The van der Waals surface area contributed by atoms with Crippen molar-refractivity contribution >= 4 is 23.8 Å². The van der Waals surface area contributed by atoms with Gasteiger partial charge in [-0.1, -0.05) is 44.2 Å².